The van der Waals surface area contributed by atoms with Gasteiger partial charge in [0.1, 0.15) is 11.9 Å². The number of rotatable bonds is 6. The van der Waals surface area contributed by atoms with Crippen LogP contribution < -0.4 is 10.2 Å². The number of fused-ring (bicyclic) bond motifs is 1. The molecule has 3 aromatic carbocycles. The number of aromatic nitrogens is 1. The van der Waals surface area contributed by atoms with E-state index in [0.717, 1.165) is 5.56 Å². The Hall–Kier alpha value is -4.77. The van der Waals surface area contributed by atoms with E-state index in [9.17, 15) is 14.4 Å². The molecule has 0 radical (unpaired) electrons. The molecule has 9 nitrogen and oxygen atoms in total. The third kappa shape index (κ3) is 5.23. The molecule has 3 heterocycles. The number of thiazole rings is 1. The number of amides is 3. The number of hydrogen-bond acceptors (Lipinski definition) is 6. The van der Waals surface area contributed by atoms with Gasteiger partial charge in [-0.15, -0.1) is 11.3 Å². The minimum Gasteiger partial charge on any atom is -0.465 e. The zero-order chi connectivity index (χ0) is 28.5. The highest BCUT2D eigenvalue weighted by Crippen LogP contribution is 2.36. The molecule has 3 amide bonds. The molecule has 1 aromatic heterocycles. The molecule has 1 saturated heterocycles. The Labute approximate surface area is 239 Å². The number of anilines is 2. The zero-order valence-electron chi connectivity index (χ0n) is 21.9. The number of piperazine rings is 1. The number of carbonyl (C=O) groups excluding carboxylic acids is 2. The second-order valence-corrected chi connectivity index (χ2v) is 10.8. The van der Waals surface area contributed by atoms with E-state index in [4.69, 9.17) is 5.11 Å². The van der Waals surface area contributed by atoms with Crippen LogP contribution in [-0.2, 0) is 11.3 Å². The summed E-state index contributed by atoms with van der Waals surface area (Å²) >= 11 is 1.30. The van der Waals surface area contributed by atoms with Crippen LogP contribution in [0.5, 0.6) is 0 Å². The molecule has 0 spiro atoms. The van der Waals surface area contributed by atoms with E-state index in [1.807, 2.05) is 47.4 Å². The van der Waals surface area contributed by atoms with Crippen LogP contribution in [0, 0.1) is 5.82 Å². The van der Waals surface area contributed by atoms with Crippen molar-refractivity contribution in [1.29, 1.82) is 0 Å². The van der Waals surface area contributed by atoms with Crippen LogP contribution in [0.1, 0.15) is 27.5 Å². The van der Waals surface area contributed by atoms with Gasteiger partial charge in [-0.1, -0.05) is 42.5 Å². The van der Waals surface area contributed by atoms with Crippen molar-refractivity contribution < 1.29 is 23.9 Å². The lowest BCUT2D eigenvalue weighted by atomic mass is 9.99. The molecule has 208 valence electrons. The van der Waals surface area contributed by atoms with Crippen LogP contribution in [0.2, 0.25) is 0 Å². The quantitative estimate of drug-likeness (QED) is 0.334. The predicted octanol–water partition coefficient (Wildman–Crippen LogP) is 5.09. The molecule has 1 fully saturated rings. The normalized spacial score (nSPS) is 15.5. The summed E-state index contributed by atoms with van der Waals surface area (Å²) in [7, 11) is 0. The third-order valence-corrected chi connectivity index (χ3v) is 8.15. The average molecular weight is 572 g/mol. The van der Waals surface area contributed by atoms with Gasteiger partial charge in [0.2, 0.25) is 0 Å². The average Bonchev–Trinajstić information content (AvgIpc) is 3.61. The van der Waals surface area contributed by atoms with Crippen LogP contribution >= 0.6 is 11.3 Å². The third-order valence-electron chi connectivity index (χ3n) is 7.46. The Balaban J connectivity index is 1.24. The molecule has 4 aromatic rings. The first-order valence-corrected chi connectivity index (χ1v) is 14.0. The molecule has 0 aliphatic carbocycles. The smallest absolute Gasteiger partial charge is 0.407 e. The minimum absolute atomic E-state index is 0.239. The molecular formula is C30H26FN5O4S. The van der Waals surface area contributed by atoms with Gasteiger partial charge in [0, 0.05) is 61.1 Å². The van der Waals surface area contributed by atoms with Crippen molar-refractivity contribution in [1.82, 2.24) is 14.8 Å². The summed E-state index contributed by atoms with van der Waals surface area (Å²) in [5, 5.41) is 14.2. The molecule has 1 atom stereocenters. The maximum absolute atomic E-state index is 15.4. The van der Waals surface area contributed by atoms with Gasteiger partial charge in [0.25, 0.3) is 11.8 Å². The molecule has 2 aliphatic heterocycles. The summed E-state index contributed by atoms with van der Waals surface area (Å²) in [6.07, 6.45) is 0.646. The van der Waals surface area contributed by atoms with Crippen molar-refractivity contribution in [3.05, 3.63) is 101 Å². The Morgan fingerprint density at radius 1 is 0.976 bits per heavy atom. The van der Waals surface area contributed by atoms with E-state index in [-0.39, 0.29) is 18.4 Å². The highest BCUT2D eigenvalue weighted by Gasteiger charge is 2.38. The fraction of sp³-hybridized carbons (Fsp3) is 0.200. The number of nitrogens with zero attached hydrogens (tertiary/aromatic N) is 4. The topological polar surface area (TPSA) is 106 Å². The standard InChI is InChI=1S/C30H26FN5O4S/c31-25-17-22(34-11-13-35(14-12-34)30(39)40)8-9-23(25)20-6-7-21-18-36(28(38)24(21)16-20)26(19-4-2-1-3-5-19)27(37)33-29-32-10-15-41-29/h1-10,15-17,26H,11-14,18H2,(H,39,40)(H,32,33,37). The summed E-state index contributed by atoms with van der Waals surface area (Å²) in [5.41, 5.74) is 3.45. The van der Waals surface area contributed by atoms with Gasteiger partial charge in [-0.3, -0.25) is 14.9 Å². The molecule has 6 rings (SSSR count). The van der Waals surface area contributed by atoms with Gasteiger partial charge in [-0.25, -0.2) is 14.2 Å². The molecule has 1 unspecified atom stereocenters. The van der Waals surface area contributed by atoms with Crippen LogP contribution in [0.4, 0.5) is 20.0 Å². The second-order valence-electron chi connectivity index (χ2n) is 9.87. The van der Waals surface area contributed by atoms with E-state index in [1.54, 1.807) is 29.8 Å². The lowest BCUT2D eigenvalue weighted by Crippen LogP contribution is -2.48. The fourth-order valence-electron chi connectivity index (χ4n) is 5.36. The lowest BCUT2D eigenvalue weighted by molar-refractivity contribution is -0.120. The number of benzene rings is 3. The van der Waals surface area contributed by atoms with Crippen molar-refractivity contribution in [3.63, 3.8) is 0 Å². The van der Waals surface area contributed by atoms with E-state index < -0.39 is 18.0 Å². The van der Waals surface area contributed by atoms with Crippen molar-refractivity contribution in [2.45, 2.75) is 12.6 Å². The van der Waals surface area contributed by atoms with Gasteiger partial charge >= 0.3 is 6.09 Å². The number of hydrogen-bond donors (Lipinski definition) is 2. The van der Waals surface area contributed by atoms with Crippen molar-refractivity contribution in [2.24, 2.45) is 0 Å². The monoisotopic (exact) mass is 571 g/mol. The maximum atomic E-state index is 15.4. The van der Waals surface area contributed by atoms with Crippen LogP contribution in [0.25, 0.3) is 11.1 Å². The van der Waals surface area contributed by atoms with Gasteiger partial charge in [-0.2, -0.15) is 0 Å². The summed E-state index contributed by atoms with van der Waals surface area (Å²) in [4.78, 5) is 47.3. The first kappa shape index (κ1) is 26.5. The van der Waals surface area contributed by atoms with Crippen LogP contribution in [-0.4, -0.2) is 64.0 Å². The second kappa shape index (κ2) is 11.0. The van der Waals surface area contributed by atoms with Gasteiger partial charge in [0.05, 0.1) is 0 Å². The SMILES string of the molecule is O=C(Nc1nccs1)C(c1ccccc1)N1Cc2ccc(-c3ccc(N4CCN(C(=O)O)CC4)cc3F)cc2C1=O. The van der Waals surface area contributed by atoms with Gasteiger partial charge < -0.3 is 19.8 Å². The molecule has 2 aliphatic rings. The minimum atomic E-state index is -0.953. The van der Waals surface area contributed by atoms with E-state index in [0.29, 0.717) is 59.3 Å². The number of nitrogens with one attached hydrogen (secondary N) is 1. The first-order chi connectivity index (χ1) is 19.9. The highest BCUT2D eigenvalue weighted by atomic mass is 32.1. The number of carboxylic acid groups (broad SMARTS) is 1. The largest absolute Gasteiger partial charge is 0.465 e. The lowest BCUT2D eigenvalue weighted by Gasteiger charge is -2.34. The first-order valence-electron chi connectivity index (χ1n) is 13.1. The fourth-order valence-corrected chi connectivity index (χ4v) is 5.89. The molecule has 0 bridgehead atoms. The Morgan fingerprint density at radius 3 is 2.44 bits per heavy atom. The summed E-state index contributed by atoms with van der Waals surface area (Å²) in [5.74, 6) is -1.10. The Bertz CT molecular complexity index is 1610. The van der Waals surface area contributed by atoms with Gasteiger partial charge in [0.15, 0.2) is 5.13 Å². The molecule has 2 N–H and O–H groups in total. The Morgan fingerprint density at radius 2 is 1.76 bits per heavy atom. The van der Waals surface area contributed by atoms with Crippen molar-refractivity contribution in [3.8, 4) is 11.1 Å². The Kier molecular flexibility index (Phi) is 7.10. The maximum Gasteiger partial charge on any atom is 0.407 e. The summed E-state index contributed by atoms with van der Waals surface area (Å²) in [6, 6.07) is 18.5. The van der Waals surface area contributed by atoms with Crippen molar-refractivity contribution >= 4 is 40.1 Å². The highest BCUT2D eigenvalue weighted by molar-refractivity contribution is 7.13. The zero-order valence-corrected chi connectivity index (χ0v) is 22.7. The summed E-state index contributed by atoms with van der Waals surface area (Å²) < 4.78 is 15.4. The number of halogens is 1. The molecule has 11 heteroatoms. The van der Waals surface area contributed by atoms with E-state index in [2.05, 4.69) is 10.3 Å². The molecule has 0 saturated carbocycles. The number of carbonyl (C=O) groups is 3. The molecular weight excluding hydrogens is 545 g/mol. The van der Waals surface area contributed by atoms with E-state index >= 15 is 4.39 Å². The predicted molar refractivity (Wildman–Crippen MR) is 153 cm³/mol. The molecule has 41 heavy (non-hydrogen) atoms. The summed E-state index contributed by atoms with van der Waals surface area (Å²) in [6.45, 7) is 1.91. The van der Waals surface area contributed by atoms with Gasteiger partial charge in [-0.05, 0) is 41.0 Å². The van der Waals surface area contributed by atoms with Crippen LogP contribution in [0.3, 0.4) is 0 Å². The van der Waals surface area contributed by atoms with Crippen molar-refractivity contribution in [2.75, 3.05) is 36.4 Å². The van der Waals surface area contributed by atoms with Crippen LogP contribution in [0.15, 0.2) is 78.3 Å². The van der Waals surface area contributed by atoms with E-state index in [1.165, 1.54) is 27.2 Å².